The maximum atomic E-state index is 11.8. The summed E-state index contributed by atoms with van der Waals surface area (Å²) in [5, 5.41) is 3.13. The maximum Gasteiger partial charge on any atom is 0.272 e. The number of hydrogen-bond donors (Lipinski definition) is 1. The molecule has 2 bridgehead atoms. The molecule has 2 aliphatic rings. The van der Waals surface area contributed by atoms with E-state index in [1.165, 1.54) is 24.0 Å². The van der Waals surface area contributed by atoms with E-state index in [-0.39, 0.29) is 18.0 Å². The van der Waals surface area contributed by atoms with Gasteiger partial charge in [0.15, 0.2) is 5.75 Å². The first-order valence-corrected chi connectivity index (χ1v) is 12.9. The third-order valence-corrected chi connectivity index (χ3v) is 7.42. The van der Waals surface area contributed by atoms with Gasteiger partial charge >= 0.3 is 0 Å². The van der Waals surface area contributed by atoms with Crippen LogP contribution in [0.3, 0.4) is 0 Å². The maximum absolute atomic E-state index is 11.8. The van der Waals surface area contributed by atoms with Gasteiger partial charge in [0, 0.05) is 25.2 Å². The zero-order chi connectivity index (χ0) is 24.2. The van der Waals surface area contributed by atoms with Crippen LogP contribution >= 0.6 is 0 Å². The van der Waals surface area contributed by atoms with Gasteiger partial charge in [0.25, 0.3) is 10.9 Å². The van der Waals surface area contributed by atoms with Crippen molar-refractivity contribution < 1.29 is 9.47 Å². The fraction of sp³-hybridized carbons (Fsp3) is 0.448. The number of fused-ring (bicyclic) bond motifs is 2. The number of nitrogens with zero attached hydrogens (tertiary/aromatic N) is 1. The fourth-order valence-electron chi connectivity index (χ4n) is 5.79. The van der Waals surface area contributed by atoms with E-state index in [1.54, 1.807) is 0 Å². The first-order chi connectivity index (χ1) is 17.2. The van der Waals surface area contributed by atoms with E-state index >= 15 is 0 Å². The summed E-state index contributed by atoms with van der Waals surface area (Å²) in [6, 6.07) is 22.1. The van der Waals surface area contributed by atoms with E-state index in [0.717, 1.165) is 25.8 Å². The topological polar surface area (TPSA) is 67.9 Å². The molecule has 6 heteroatoms. The van der Waals surface area contributed by atoms with Crippen LogP contribution in [0.25, 0.3) is 0 Å². The second-order valence-corrected chi connectivity index (χ2v) is 9.63. The van der Waals surface area contributed by atoms with Gasteiger partial charge in [0.1, 0.15) is 11.8 Å². The van der Waals surface area contributed by atoms with Crippen molar-refractivity contribution in [2.24, 2.45) is 0 Å². The lowest BCUT2D eigenvalue weighted by Crippen LogP contribution is -2.46. The summed E-state index contributed by atoms with van der Waals surface area (Å²) in [4.78, 5) is 26.1. The van der Waals surface area contributed by atoms with Crippen molar-refractivity contribution in [1.29, 1.82) is 0 Å². The molecule has 3 aromatic carbocycles. The zero-order valence-electron chi connectivity index (χ0n) is 20.3. The van der Waals surface area contributed by atoms with Gasteiger partial charge in [-0.25, -0.2) is 0 Å². The minimum Gasteiger partial charge on any atom is -0.488 e. The van der Waals surface area contributed by atoms with Gasteiger partial charge in [0.05, 0.1) is 12.7 Å². The van der Waals surface area contributed by atoms with Gasteiger partial charge in [-0.2, -0.15) is 0 Å². The highest BCUT2D eigenvalue weighted by molar-refractivity contribution is 5.61. The summed E-state index contributed by atoms with van der Waals surface area (Å²) in [6.07, 6.45) is 5.63. The Kier molecular flexibility index (Phi) is 7.30. The molecule has 2 unspecified atom stereocenters. The van der Waals surface area contributed by atoms with Crippen LogP contribution in [0.1, 0.15) is 56.3 Å². The highest BCUT2D eigenvalue weighted by Gasteiger charge is 2.41. The number of hydrogen-bond acceptors (Lipinski definition) is 6. The number of anilines is 1. The van der Waals surface area contributed by atoms with Gasteiger partial charge < -0.3 is 14.8 Å². The molecular formula is C29H34N2O4. The van der Waals surface area contributed by atoms with E-state index in [1.807, 2.05) is 19.1 Å². The second kappa shape index (κ2) is 10.8. The molecule has 0 aliphatic carbocycles. The molecule has 2 atom stereocenters. The van der Waals surface area contributed by atoms with Crippen LogP contribution < -0.4 is 20.9 Å². The molecule has 184 valence electrons. The molecule has 5 rings (SSSR count). The number of nitrogens with one attached hydrogen (secondary N) is 1. The predicted octanol–water partition coefficient (Wildman–Crippen LogP) is 4.28. The van der Waals surface area contributed by atoms with E-state index < -0.39 is 10.9 Å². The molecule has 2 heterocycles. The molecule has 1 N–H and O–H groups in total. The Balaban J connectivity index is 1.16. The Morgan fingerprint density at radius 1 is 0.914 bits per heavy atom. The summed E-state index contributed by atoms with van der Waals surface area (Å²) in [5.41, 5.74) is 1.77. The Hall–Kier alpha value is -2.96. The normalized spacial score (nSPS) is 22.1. The van der Waals surface area contributed by atoms with Gasteiger partial charge in [-0.3, -0.25) is 14.5 Å². The van der Waals surface area contributed by atoms with Crippen molar-refractivity contribution >= 4 is 5.69 Å². The van der Waals surface area contributed by atoms with Crippen molar-refractivity contribution in [2.75, 3.05) is 25.0 Å². The van der Waals surface area contributed by atoms with Gasteiger partial charge in [-0.1, -0.05) is 60.7 Å². The van der Waals surface area contributed by atoms with Crippen LogP contribution in [-0.4, -0.2) is 42.8 Å². The summed E-state index contributed by atoms with van der Waals surface area (Å²) >= 11 is 0. The highest BCUT2D eigenvalue weighted by atomic mass is 16.5. The van der Waals surface area contributed by atoms with Crippen molar-refractivity contribution in [2.45, 2.75) is 63.3 Å². The third-order valence-electron chi connectivity index (χ3n) is 7.42. The monoisotopic (exact) mass is 474 g/mol. The number of benzene rings is 2. The van der Waals surface area contributed by atoms with Crippen molar-refractivity contribution in [3.63, 3.8) is 0 Å². The lowest BCUT2D eigenvalue weighted by Gasteiger charge is -2.40. The van der Waals surface area contributed by atoms with Crippen LogP contribution in [0.15, 0.2) is 70.3 Å². The second-order valence-electron chi connectivity index (χ2n) is 9.63. The predicted molar refractivity (Wildman–Crippen MR) is 138 cm³/mol. The van der Waals surface area contributed by atoms with Gasteiger partial charge in [-0.05, 0) is 50.2 Å². The number of rotatable bonds is 11. The number of piperidine rings is 1. The number of ether oxygens (including phenoxy) is 2. The van der Waals surface area contributed by atoms with Crippen LogP contribution in [0.4, 0.5) is 5.69 Å². The smallest absolute Gasteiger partial charge is 0.272 e. The zero-order valence-corrected chi connectivity index (χ0v) is 20.3. The highest BCUT2D eigenvalue weighted by Crippen LogP contribution is 2.39. The summed E-state index contributed by atoms with van der Waals surface area (Å²) in [6.45, 7) is 3.83. The van der Waals surface area contributed by atoms with Crippen molar-refractivity contribution in [1.82, 2.24) is 4.90 Å². The summed E-state index contributed by atoms with van der Waals surface area (Å²) < 4.78 is 12.1. The quantitative estimate of drug-likeness (QED) is 0.330. The molecule has 0 amide bonds. The van der Waals surface area contributed by atoms with Gasteiger partial charge in [0.2, 0.25) is 0 Å². The molecule has 0 aromatic heterocycles. The molecule has 6 nitrogen and oxygen atoms in total. The average Bonchev–Trinajstić information content (AvgIpc) is 3.14. The molecule has 0 spiro atoms. The average molecular weight is 475 g/mol. The fourth-order valence-corrected chi connectivity index (χ4v) is 5.79. The Labute approximate surface area is 206 Å². The first-order valence-electron chi connectivity index (χ1n) is 12.9. The molecule has 35 heavy (non-hydrogen) atoms. The van der Waals surface area contributed by atoms with Crippen LogP contribution in [0, 0.1) is 0 Å². The standard InChI is InChI=1S/C29H34N2O4/c1-2-34-29-25(26(32)27(29)33)30-16-9-17-31-22-14-15-23(31)19-24(18-22)35-28(20-10-5-3-6-11-20)21-12-7-4-8-13-21/h3-8,10-13,22-24,28,30H,2,9,14-19H2,1H3. The lowest BCUT2D eigenvalue weighted by molar-refractivity contribution is -0.0481. The van der Waals surface area contributed by atoms with Crippen LogP contribution in [0.5, 0.6) is 5.75 Å². The Morgan fingerprint density at radius 3 is 2.09 bits per heavy atom. The molecule has 0 radical (unpaired) electrons. The van der Waals surface area contributed by atoms with Crippen molar-refractivity contribution in [3.8, 4) is 5.75 Å². The first kappa shape index (κ1) is 23.8. The third kappa shape index (κ3) is 5.04. The minimum absolute atomic E-state index is 0.0481. The summed E-state index contributed by atoms with van der Waals surface area (Å²) in [7, 11) is 0. The molecular weight excluding hydrogens is 440 g/mol. The van der Waals surface area contributed by atoms with Gasteiger partial charge in [-0.15, -0.1) is 0 Å². The van der Waals surface area contributed by atoms with E-state index in [4.69, 9.17) is 9.47 Å². The Morgan fingerprint density at radius 2 is 1.51 bits per heavy atom. The van der Waals surface area contributed by atoms with E-state index in [9.17, 15) is 9.59 Å². The molecule has 2 saturated heterocycles. The molecule has 2 aliphatic heterocycles. The largest absolute Gasteiger partial charge is 0.488 e. The molecule has 0 saturated carbocycles. The van der Waals surface area contributed by atoms with E-state index in [0.29, 0.717) is 30.9 Å². The molecule has 2 fully saturated rings. The van der Waals surface area contributed by atoms with Crippen LogP contribution in [0.2, 0.25) is 0 Å². The summed E-state index contributed by atoms with van der Waals surface area (Å²) in [5.74, 6) is 0.196. The Bertz CT molecular complexity index is 1120. The van der Waals surface area contributed by atoms with E-state index in [2.05, 4.69) is 58.7 Å². The van der Waals surface area contributed by atoms with Crippen LogP contribution in [-0.2, 0) is 4.74 Å². The van der Waals surface area contributed by atoms with Crippen molar-refractivity contribution in [3.05, 3.63) is 92.2 Å². The lowest BCUT2D eigenvalue weighted by atomic mass is 9.97. The molecule has 3 aromatic rings. The minimum atomic E-state index is -0.515. The SMILES string of the molecule is CCOc1c(NCCCN2C3CCC2CC(OC(c2ccccc2)c2ccccc2)C3)c(=O)c1=O.